The van der Waals surface area contributed by atoms with Crippen molar-refractivity contribution in [2.75, 3.05) is 12.8 Å². The van der Waals surface area contributed by atoms with Gasteiger partial charge in [-0.3, -0.25) is 4.79 Å². The second-order valence-corrected chi connectivity index (χ2v) is 3.07. The highest BCUT2D eigenvalue weighted by Crippen LogP contribution is 2.20. The average molecular weight is 189 g/mol. The fourth-order valence-electron chi connectivity index (χ4n) is 1.44. The number of carbonyl (C=O) groups is 1. The van der Waals surface area contributed by atoms with Crippen molar-refractivity contribution in [1.29, 1.82) is 0 Å². The van der Waals surface area contributed by atoms with Gasteiger partial charge in [-0.1, -0.05) is 12.1 Å². The molecule has 4 nitrogen and oxygen atoms in total. The first-order valence-corrected chi connectivity index (χ1v) is 4.31. The summed E-state index contributed by atoms with van der Waals surface area (Å²) in [5.41, 5.74) is 7.74. The highest BCUT2D eigenvalue weighted by molar-refractivity contribution is 6.00. The normalized spacial score (nSPS) is 10.4. The van der Waals surface area contributed by atoms with Crippen molar-refractivity contribution < 1.29 is 4.79 Å². The van der Waals surface area contributed by atoms with Crippen LogP contribution in [0.2, 0.25) is 0 Å². The Hall–Kier alpha value is -1.97. The molecule has 0 radical (unpaired) electrons. The van der Waals surface area contributed by atoms with Crippen molar-refractivity contribution in [2.24, 2.45) is 0 Å². The van der Waals surface area contributed by atoms with Gasteiger partial charge in [0, 0.05) is 12.4 Å². The van der Waals surface area contributed by atoms with E-state index in [0.717, 1.165) is 10.9 Å². The largest absolute Gasteiger partial charge is 0.397 e. The Morgan fingerprint density at radius 3 is 2.93 bits per heavy atom. The van der Waals surface area contributed by atoms with Gasteiger partial charge in [0.1, 0.15) is 5.69 Å². The van der Waals surface area contributed by atoms with Crippen LogP contribution in [-0.4, -0.2) is 17.9 Å². The SMILES string of the molecule is CNC(=O)c1cc2cccc(N)c2[nH]1. The van der Waals surface area contributed by atoms with Gasteiger partial charge in [-0.2, -0.15) is 0 Å². The Bertz CT molecular complexity index is 487. The molecule has 1 heterocycles. The van der Waals surface area contributed by atoms with E-state index in [1.54, 1.807) is 19.2 Å². The average Bonchev–Trinajstić information content (AvgIpc) is 2.62. The number of aromatic nitrogens is 1. The van der Waals surface area contributed by atoms with Crippen molar-refractivity contribution in [3.05, 3.63) is 30.0 Å². The van der Waals surface area contributed by atoms with Crippen molar-refractivity contribution in [3.63, 3.8) is 0 Å². The van der Waals surface area contributed by atoms with Crippen LogP contribution in [0.3, 0.4) is 0 Å². The lowest BCUT2D eigenvalue weighted by Gasteiger charge is -1.94. The quantitative estimate of drug-likeness (QED) is 0.588. The number of hydrogen-bond donors (Lipinski definition) is 3. The van der Waals surface area contributed by atoms with Crippen LogP contribution in [0.4, 0.5) is 5.69 Å². The Labute approximate surface area is 81.1 Å². The van der Waals surface area contributed by atoms with E-state index in [0.29, 0.717) is 11.4 Å². The second kappa shape index (κ2) is 3.06. The van der Waals surface area contributed by atoms with Gasteiger partial charge in [-0.25, -0.2) is 0 Å². The monoisotopic (exact) mass is 189 g/mol. The van der Waals surface area contributed by atoms with Gasteiger partial charge < -0.3 is 16.0 Å². The van der Waals surface area contributed by atoms with Gasteiger partial charge in [0.15, 0.2) is 0 Å². The fraction of sp³-hybridized carbons (Fsp3) is 0.100. The molecular formula is C10H11N3O. The Kier molecular flexibility index (Phi) is 1.89. The molecule has 0 aliphatic heterocycles. The molecule has 0 aliphatic carbocycles. The Balaban J connectivity index is 2.62. The number of fused-ring (bicyclic) bond motifs is 1. The van der Waals surface area contributed by atoms with Gasteiger partial charge in [-0.15, -0.1) is 0 Å². The molecule has 2 aromatic rings. The van der Waals surface area contributed by atoms with E-state index in [1.165, 1.54) is 0 Å². The number of amides is 1. The Morgan fingerprint density at radius 2 is 2.29 bits per heavy atom. The summed E-state index contributed by atoms with van der Waals surface area (Å²) in [4.78, 5) is 14.3. The van der Waals surface area contributed by atoms with Gasteiger partial charge >= 0.3 is 0 Å². The highest BCUT2D eigenvalue weighted by atomic mass is 16.1. The van der Waals surface area contributed by atoms with E-state index in [4.69, 9.17) is 5.73 Å². The van der Waals surface area contributed by atoms with Crippen LogP contribution < -0.4 is 11.1 Å². The molecule has 0 bridgehead atoms. The number of nitrogen functional groups attached to an aromatic ring is 1. The van der Waals surface area contributed by atoms with E-state index in [2.05, 4.69) is 10.3 Å². The minimum atomic E-state index is -0.138. The minimum Gasteiger partial charge on any atom is -0.397 e. The molecule has 0 aliphatic rings. The Morgan fingerprint density at radius 1 is 1.50 bits per heavy atom. The van der Waals surface area contributed by atoms with Crippen LogP contribution in [0.5, 0.6) is 0 Å². The zero-order valence-electron chi connectivity index (χ0n) is 7.79. The smallest absolute Gasteiger partial charge is 0.267 e. The third-order valence-electron chi connectivity index (χ3n) is 2.16. The molecule has 4 heteroatoms. The predicted octanol–water partition coefficient (Wildman–Crippen LogP) is 1.11. The molecule has 1 aromatic carbocycles. The topological polar surface area (TPSA) is 70.9 Å². The number of nitrogens with two attached hydrogens (primary N) is 1. The first kappa shape index (κ1) is 8.62. The molecular weight excluding hydrogens is 178 g/mol. The summed E-state index contributed by atoms with van der Waals surface area (Å²) in [5.74, 6) is -0.138. The summed E-state index contributed by atoms with van der Waals surface area (Å²) in [6, 6.07) is 7.35. The molecule has 0 atom stereocenters. The lowest BCUT2D eigenvalue weighted by atomic mass is 10.2. The first-order chi connectivity index (χ1) is 6.72. The summed E-state index contributed by atoms with van der Waals surface area (Å²) in [7, 11) is 1.59. The number of hydrogen-bond acceptors (Lipinski definition) is 2. The third kappa shape index (κ3) is 1.21. The number of nitrogens with one attached hydrogen (secondary N) is 2. The molecule has 72 valence electrons. The van der Waals surface area contributed by atoms with Crippen LogP contribution in [0, 0.1) is 0 Å². The van der Waals surface area contributed by atoms with Gasteiger partial charge in [0.25, 0.3) is 5.91 Å². The van der Waals surface area contributed by atoms with Crippen LogP contribution in [-0.2, 0) is 0 Å². The number of rotatable bonds is 1. The molecule has 1 aromatic heterocycles. The van der Waals surface area contributed by atoms with E-state index >= 15 is 0 Å². The summed E-state index contributed by atoms with van der Waals surface area (Å²) in [6.07, 6.45) is 0. The second-order valence-electron chi connectivity index (χ2n) is 3.07. The van der Waals surface area contributed by atoms with Crippen LogP contribution in [0.25, 0.3) is 10.9 Å². The van der Waals surface area contributed by atoms with Gasteiger partial charge in [-0.05, 0) is 12.1 Å². The molecule has 0 unspecified atom stereocenters. The van der Waals surface area contributed by atoms with E-state index in [9.17, 15) is 4.79 Å². The highest BCUT2D eigenvalue weighted by Gasteiger charge is 2.08. The molecule has 0 saturated heterocycles. The number of carbonyl (C=O) groups excluding carboxylic acids is 1. The standard InChI is InChI=1S/C10H11N3O/c1-12-10(14)8-5-6-3-2-4-7(11)9(6)13-8/h2-5,13H,11H2,1H3,(H,12,14). The maximum atomic E-state index is 11.3. The maximum absolute atomic E-state index is 11.3. The van der Waals surface area contributed by atoms with Crippen LogP contribution in [0.1, 0.15) is 10.5 Å². The minimum absolute atomic E-state index is 0.138. The van der Waals surface area contributed by atoms with Crippen molar-refractivity contribution in [1.82, 2.24) is 10.3 Å². The van der Waals surface area contributed by atoms with Crippen molar-refractivity contribution >= 4 is 22.5 Å². The molecule has 2 rings (SSSR count). The summed E-state index contributed by atoms with van der Waals surface area (Å²) in [6.45, 7) is 0. The summed E-state index contributed by atoms with van der Waals surface area (Å²) < 4.78 is 0. The number of H-pyrrole nitrogens is 1. The molecule has 1 amide bonds. The molecule has 4 N–H and O–H groups in total. The van der Waals surface area contributed by atoms with Gasteiger partial charge in [0.2, 0.25) is 0 Å². The van der Waals surface area contributed by atoms with Crippen molar-refractivity contribution in [2.45, 2.75) is 0 Å². The lowest BCUT2D eigenvalue weighted by Crippen LogP contribution is -2.17. The van der Waals surface area contributed by atoms with Crippen LogP contribution in [0.15, 0.2) is 24.3 Å². The number of para-hydroxylation sites is 1. The van der Waals surface area contributed by atoms with Crippen molar-refractivity contribution in [3.8, 4) is 0 Å². The van der Waals surface area contributed by atoms with E-state index in [-0.39, 0.29) is 5.91 Å². The van der Waals surface area contributed by atoms with Gasteiger partial charge in [0.05, 0.1) is 11.2 Å². The zero-order chi connectivity index (χ0) is 10.1. The van der Waals surface area contributed by atoms with E-state index < -0.39 is 0 Å². The zero-order valence-corrected chi connectivity index (χ0v) is 7.79. The third-order valence-corrected chi connectivity index (χ3v) is 2.16. The number of aromatic amines is 1. The number of anilines is 1. The lowest BCUT2D eigenvalue weighted by molar-refractivity contribution is 0.0959. The molecule has 0 spiro atoms. The first-order valence-electron chi connectivity index (χ1n) is 4.31. The fourth-order valence-corrected chi connectivity index (χ4v) is 1.44. The summed E-state index contributed by atoms with van der Waals surface area (Å²) in [5, 5.41) is 3.50. The molecule has 0 fully saturated rings. The maximum Gasteiger partial charge on any atom is 0.267 e. The summed E-state index contributed by atoms with van der Waals surface area (Å²) >= 11 is 0. The number of benzene rings is 1. The predicted molar refractivity (Wildman–Crippen MR) is 56.1 cm³/mol. The molecule has 0 saturated carbocycles. The van der Waals surface area contributed by atoms with Crippen LogP contribution >= 0.6 is 0 Å². The van der Waals surface area contributed by atoms with E-state index in [1.807, 2.05) is 12.1 Å². The molecule has 14 heavy (non-hydrogen) atoms.